The number of aromatic nitrogens is 1. The van der Waals surface area contributed by atoms with Crippen LogP contribution < -0.4 is 0 Å². The molecule has 1 amide bonds. The molecule has 1 fully saturated rings. The lowest BCUT2D eigenvalue weighted by Crippen LogP contribution is -2.28. The largest absolute Gasteiger partial charge is 0.416 e. The van der Waals surface area contributed by atoms with Gasteiger partial charge in [-0.15, -0.1) is 0 Å². The Morgan fingerprint density at radius 3 is 2.67 bits per heavy atom. The molecule has 24 heavy (non-hydrogen) atoms. The summed E-state index contributed by atoms with van der Waals surface area (Å²) in [5.41, 5.74) is 0.472. The molecule has 2 atom stereocenters. The van der Waals surface area contributed by atoms with Crippen LogP contribution in [-0.2, 0) is 17.5 Å². The van der Waals surface area contributed by atoms with Crippen LogP contribution in [0.15, 0.2) is 48.8 Å². The van der Waals surface area contributed by atoms with Gasteiger partial charge in [-0.3, -0.25) is 9.78 Å². The predicted molar refractivity (Wildman–Crippen MR) is 83.0 cm³/mol. The Morgan fingerprint density at radius 1 is 1.25 bits per heavy atom. The molecule has 0 spiro atoms. The number of pyridine rings is 1. The van der Waals surface area contributed by atoms with E-state index in [0.29, 0.717) is 13.0 Å². The van der Waals surface area contributed by atoms with Crippen LogP contribution in [0.4, 0.5) is 13.2 Å². The Balaban J connectivity index is 1.70. The van der Waals surface area contributed by atoms with E-state index in [1.165, 1.54) is 12.1 Å². The summed E-state index contributed by atoms with van der Waals surface area (Å²) in [6.07, 6.45) is -0.610. The second kappa shape index (κ2) is 6.26. The highest BCUT2D eigenvalue weighted by Gasteiger charge is 2.48. The summed E-state index contributed by atoms with van der Waals surface area (Å²) in [6, 6.07) is 9.16. The summed E-state index contributed by atoms with van der Waals surface area (Å²) in [7, 11) is 1.67. The fourth-order valence-corrected chi connectivity index (χ4v) is 3.02. The van der Waals surface area contributed by atoms with E-state index in [1.54, 1.807) is 36.5 Å². The van der Waals surface area contributed by atoms with Gasteiger partial charge in [-0.2, -0.15) is 13.2 Å². The van der Waals surface area contributed by atoms with Crippen LogP contribution in [0, 0.1) is 5.92 Å². The molecule has 0 aliphatic heterocycles. The Labute approximate surface area is 138 Å². The maximum absolute atomic E-state index is 13.1. The number of alkyl halides is 3. The van der Waals surface area contributed by atoms with Crippen LogP contribution in [0.2, 0.25) is 0 Å². The van der Waals surface area contributed by atoms with Gasteiger partial charge in [-0.05, 0) is 35.6 Å². The van der Waals surface area contributed by atoms with Crippen LogP contribution >= 0.6 is 0 Å². The van der Waals surface area contributed by atoms with Crippen molar-refractivity contribution in [3.63, 3.8) is 0 Å². The molecule has 0 radical (unpaired) electrons. The molecule has 1 aliphatic rings. The third-order valence-electron chi connectivity index (χ3n) is 4.29. The van der Waals surface area contributed by atoms with E-state index in [0.717, 1.165) is 11.6 Å². The van der Waals surface area contributed by atoms with Crippen molar-refractivity contribution >= 4 is 5.91 Å². The number of benzene rings is 1. The first-order chi connectivity index (χ1) is 11.4. The molecule has 0 saturated heterocycles. The molecule has 1 saturated carbocycles. The van der Waals surface area contributed by atoms with Gasteiger partial charge in [0, 0.05) is 31.9 Å². The summed E-state index contributed by atoms with van der Waals surface area (Å²) in [4.78, 5) is 18.0. The molecule has 2 aromatic rings. The summed E-state index contributed by atoms with van der Waals surface area (Å²) in [5.74, 6) is -0.859. The first-order valence-electron chi connectivity index (χ1n) is 7.68. The van der Waals surface area contributed by atoms with Crippen molar-refractivity contribution in [1.82, 2.24) is 9.88 Å². The summed E-state index contributed by atoms with van der Waals surface area (Å²) < 4.78 is 39.3. The first kappa shape index (κ1) is 16.5. The van der Waals surface area contributed by atoms with Gasteiger partial charge < -0.3 is 4.90 Å². The minimum Gasteiger partial charge on any atom is -0.341 e. The van der Waals surface area contributed by atoms with E-state index < -0.39 is 11.7 Å². The van der Waals surface area contributed by atoms with Gasteiger partial charge in [0.05, 0.1) is 5.56 Å². The van der Waals surface area contributed by atoms with E-state index >= 15 is 0 Å². The molecule has 0 bridgehead atoms. The average Bonchev–Trinajstić information content (AvgIpc) is 3.35. The van der Waals surface area contributed by atoms with Gasteiger partial charge in [0.2, 0.25) is 5.91 Å². The number of nitrogens with zero attached hydrogens (tertiary/aromatic N) is 2. The lowest BCUT2D eigenvalue weighted by Gasteiger charge is -2.18. The highest BCUT2D eigenvalue weighted by Crippen LogP contribution is 2.51. The van der Waals surface area contributed by atoms with E-state index in [4.69, 9.17) is 0 Å². The Hall–Kier alpha value is -2.37. The number of hydrogen-bond donors (Lipinski definition) is 0. The molecule has 3 rings (SSSR count). The number of halogens is 3. The molecular formula is C18H17F3N2O. The first-order valence-corrected chi connectivity index (χ1v) is 7.68. The van der Waals surface area contributed by atoms with Crippen molar-refractivity contribution in [1.29, 1.82) is 0 Å². The van der Waals surface area contributed by atoms with Crippen molar-refractivity contribution in [2.75, 3.05) is 7.05 Å². The third kappa shape index (κ3) is 3.42. The molecule has 2 unspecified atom stereocenters. The minimum absolute atomic E-state index is 0.124. The number of carbonyl (C=O) groups is 1. The Morgan fingerprint density at radius 2 is 2.00 bits per heavy atom. The molecule has 0 N–H and O–H groups in total. The van der Waals surface area contributed by atoms with Crippen molar-refractivity contribution in [2.45, 2.75) is 25.1 Å². The quantitative estimate of drug-likeness (QED) is 0.850. The number of rotatable bonds is 4. The van der Waals surface area contributed by atoms with Gasteiger partial charge in [-0.1, -0.05) is 24.3 Å². The molecule has 1 heterocycles. The maximum atomic E-state index is 13.1. The van der Waals surface area contributed by atoms with Gasteiger partial charge >= 0.3 is 6.18 Å². The van der Waals surface area contributed by atoms with Crippen LogP contribution in [-0.4, -0.2) is 22.8 Å². The van der Waals surface area contributed by atoms with E-state index in [1.807, 2.05) is 6.07 Å². The molecule has 1 aromatic heterocycles. The molecule has 1 aliphatic carbocycles. The summed E-state index contributed by atoms with van der Waals surface area (Å²) in [6.45, 7) is 0.400. The predicted octanol–water partition coefficient (Wildman–Crippen LogP) is 3.86. The third-order valence-corrected chi connectivity index (χ3v) is 4.29. The Kier molecular flexibility index (Phi) is 4.30. The van der Waals surface area contributed by atoms with Crippen molar-refractivity contribution in [3.8, 4) is 0 Å². The monoisotopic (exact) mass is 334 g/mol. The lowest BCUT2D eigenvalue weighted by molar-refractivity contribution is -0.138. The van der Waals surface area contributed by atoms with Crippen molar-refractivity contribution in [2.24, 2.45) is 5.92 Å². The fraction of sp³-hybridized carbons (Fsp3) is 0.333. The standard InChI is InChI=1S/C18H17F3N2O/c1-23(11-12-5-4-8-22-10-12)17(24)15-9-14(15)13-6-2-3-7-16(13)18(19,20)21/h2-8,10,14-15H,9,11H2,1H3. The van der Waals surface area contributed by atoms with E-state index in [-0.39, 0.29) is 23.3 Å². The smallest absolute Gasteiger partial charge is 0.341 e. The zero-order valence-electron chi connectivity index (χ0n) is 13.1. The number of hydrogen-bond acceptors (Lipinski definition) is 2. The topological polar surface area (TPSA) is 33.2 Å². The molecule has 1 aromatic carbocycles. The zero-order chi connectivity index (χ0) is 17.3. The maximum Gasteiger partial charge on any atom is 0.416 e. The van der Waals surface area contributed by atoms with Gasteiger partial charge in [0.1, 0.15) is 0 Å². The van der Waals surface area contributed by atoms with Crippen molar-refractivity contribution in [3.05, 3.63) is 65.5 Å². The van der Waals surface area contributed by atoms with Crippen LogP contribution in [0.25, 0.3) is 0 Å². The SMILES string of the molecule is CN(Cc1cccnc1)C(=O)C1CC1c1ccccc1C(F)(F)F. The second-order valence-electron chi connectivity index (χ2n) is 6.09. The van der Waals surface area contributed by atoms with E-state index in [2.05, 4.69) is 4.98 Å². The molecule has 126 valence electrons. The van der Waals surface area contributed by atoms with E-state index in [9.17, 15) is 18.0 Å². The molecular weight excluding hydrogens is 317 g/mol. The average molecular weight is 334 g/mol. The lowest BCUT2D eigenvalue weighted by atomic mass is 10.0. The Bertz CT molecular complexity index is 731. The van der Waals surface area contributed by atoms with Crippen LogP contribution in [0.3, 0.4) is 0 Å². The minimum atomic E-state index is -4.39. The number of amides is 1. The van der Waals surface area contributed by atoms with Crippen LogP contribution in [0.1, 0.15) is 29.0 Å². The molecule has 3 nitrogen and oxygen atoms in total. The molecule has 6 heteroatoms. The highest BCUT2D eigenvalue weighted by atomic mass is 19.4. The summed E-state index contributed by atoms with van der Waals surface area (Å²) in [5, 5.41) is 0. The van der Waals surface area contributed by atoms with Gasteiger partial charge in [0.25, 0.3) is 0 Å². The van der Waals surface area contributed by atoms with Gasteiger partial charge in [-0.25, -0.2) is 0 Å². The fourth-order valence-electron chi connectivity index (χ4n) is 3.02. The van der Waals surface area contributed by atoms with Crippen molar-refractivity contribution < 1.29 is 18.0 Å². The highest BCUT2D eigenvalue weighted by molar-refractivity contribution is 5.83. The zero-order valence-corrected chi connectivity index (χ0v) is 13.1. The second-order valence-corrected chi connectivity index (χ2v) is 6.09. The van der Waals surface area contributed by atoms with Gasteiger partial charge in [0.15, 0.2) is 0 Å². The normalized spacial score (nSPS) is 19.8. The number of carbonyl (C=O) groups excluding carboxylic acids is 1. The van der Waals surface area contributed by atoms with Crippen LogP contribution in [0.5, 0.6) is 0 Å². The summed E-state index contributed by atoms with van der Waals surface area (Å²) >= 11 is 0.